The Hall–Kier alpha value is -1.94. The number of phosphoric ester groups is 2. The third kappa shape index (κ3) is 61.3. The Morgan fingerprint density at radius 2 is 0.586 bits per heavy atom. The minimum Gasteiger partial charge on any atom is -0.462 e. The fourth-order valence-electron chi connectivity index (χ4n) is 10.2. The van der Waals surface area contributed by atoms with Gasteiger partial charge in [-0.25, -0.2) is 9.13 Å². The quantitative estimate of drug-likeness (QED) is 0.0222. The molecule has 17 nitrogen and oxygen atoms in total. The number of ether oxygens (including phenoxy) is 4. The summed E-state index contributed by atoms with van der Waals surface area (Å²) in [6, 6.07) is 0. The van der Waals surface area contributed by atoms with E-state index in [1.807, 2.05) is 0 Å². The molecule has 19 heteroatoms. The lowest BCUT2D eigenvalue weighted by Crippen LogP contribution is -2.30. The topological polar surface area (TPSA) is 237 Å². The maximum Gasteiger partial charge on any atom is 0.472 e. The van der Waals surface area contributed by atoms with Crippen LogP contribution in [0, 0.1) is 11.8 Å². The van der Waals surface area contributed by atoms with Crippen LogP contribution in [-0.4, -0.2) is 96.7 Å². The van der Waals surface area contributed by atoms with E-state index in [1.54, 1.807) is 0 Å². The van der Waals surface area contributed by atoms with Gasteiger partial charge in [0.05, 0.1) is 26.4 Å². The first-order valence-corrected chi connectivity index (χ1v) is 38.5. The molecule has 0 spiro atoms. The number of aliphatic hydroxyl groups excluding tert-OH is 1. The average Bonchev–Trinajstić information content (AvgIpc) is 3.71. The molecule has 0 heterocycles. The highest BCUT2D eigenvalue weighted by Crippen LogP contribution is 2.45. The highest BCUT2D eigenvalue weighted by molar-refractivity contribution is 7.47. The van der Waals surface area contributed by atoms with Gasteiger partial charge in [0.15, 0.2) is 12.2 Å². The van der Waals surface area contributed by atoms with E-state index in [0.717, 1.165) is 115 Å². The van der Waals surface area contributed by atoms with Crippen LogP contribution in [0.15, 0.2) is 0 Å². The van der Waals surface area contributed by atoms with Crippen molar-refractivity contribution in [1.29, 1.82) is 0 Å². The van der Waals surface area contributed by atoms with Crippen LogP contribution in [0.4, 0.5) is 0 Å². The molecular weight excluding hydrogens is 1150 g/mol. The van der Waals surface area contributed by atoms with Gasteiger partial charge in [0.2, 0.25) is 0 Å². The predicted octanol–water partition coefficient (Wildman–Crippen LogP) is 19.2. The lowest BCUT2D eigenvalue weighted by atomic mass is 9.99. The number of hydrogen-bond acceptors (Lipinski definition) is 15. The summed E-state index contributed by atoms with van der Waals surface area (Å²) < 4.78 is 68.1. The lowest BCUT2D eigenvalue weighted by molar-refractivity contribution is -0.161. The third-order valence-corrected chi connectivity index (χ3v) is 18.0. The third-order valence-electron chi connectivity index (χ3n) is 16.1. The number of hydrogen-bond donors (Lipinski definition) is 3. The lowest BCUT2D eigenvalue weighted by Gasteiger charge is -2.21. The van der Waals surface area contributed by atoms with E-state index in [1.165, 1.54) is 148 Å². The van der Waals surface area contributed by atoms with Crippen LogP contribution in [0.25, 0.3) is 0 Å². The van der Waals surface area contributed by atoms with Crippen LogP contribution in [0.5, 0.6) is 0 Å². The molecule has 0 aromatic rings. The molecule has 0 aliphatic heterocycles. The zero-order valence-electron chi connectivity index (χ0n) is 56.3. The maximum absolute atomic E-state index is 13.0. The fraction of sp³-hybridized carbons (Fsp3) is 0.941. The number of phosphoric acid groups is 2. The molecule has 0 aromatic heterocycles. The zero-order chi connectivity index (χ0) is 64.3. The van der Waals surface area contributed by atoms with Gasteiger partial charge in [-0.15, -0.1) is 0 Å². The normalized spacial score (nSPS) is 14.5. The molecule has 0 aromatic carbocycles. The first kappa shape index (κ1) is 85.1. The molecule has 87 heavy (non-hydrogen) atoms. The maximum atomic E-state index is 13.0. The molecule has 0 amide bonds. The molecule has 0 saturated carbocycles. The second-order valence-electron chi connectivity index (χ2n) is 25.3. The smallest absolute Gasteiger partial charge is 0.462 e. The van der Waals surface area contributed by atoms with Gasteiger partial charge in [-0.2, -0.15) is 0 Å². The van der Waals surface area contributed by atoms with Crippen LogP contribution in [0.1, 0.15) is 343 Å². The van der Waals surface area contributed by atoms with E-state index in [-0.39, 0.29) is 25.7 Å². The van der Waals surface area contributed by atoms with Crippen molar-refractivity contribution in [2.24, 2.45) is 11.8 Å². The zero-order valence-corrected chi connectivity index (χ0v) is 58.1. The molecule has 0 fully saturated rings. The van der Waals surface area contributed by atoms with E-state index in [2.05, 4.69) is 41.5 Å². The Bertz CT molecular complexity index is 1700. The number of carbonyl (C=O) groups is 4. The molecular formula is C68H132O17P2. The van der Waals surface area contributed by atoms with Gasteiger partial charge >= 0.3 is 39.5 Å². The Morgan fingerprint density at radius 3 is 0.874 bits per heavy atom. The van der Waals surface area contributed by atoms with Crippen LogP contribution in [-0.2, 0) is 65.4 Å². The minimum absolute atomic E-state index is 0.105. The first-order chi connectivity index (χ1) is 41.9. The summed E-state index contributed by atoms with van der Waals surface area (Å²) in [5.74, 6) is -0.527. The van der Waals surface area contributed by atoms with E-state index in [4.69, 9.17) is 37.0 Å². The average molecular weight is 1280 g/mol. The first-order valence-electron chi connectivity index (χ1n) is 35.5. The van der Waals surface area contributed by atoms with Crippen molar-refractivity contribution in [3.63, 3.8) is 0 Å². The van der Waals surface area contributed by atoms with Crippen LogP contribution < -0.4 is 0 Å². The standard InChI is InChI=1S/C68H132O17P2/c1-7-10-12-14-16-32-38-44-50-65(70)78-56-63(84-67(72)52-46-40-33-17-15-13-11-8-2)58-82-86(74,75)80-54-62(69)55-81-87(76,77)83-59-64(57-79-66(71)51-45-39-34-28-25-24-27-31-37-43-49-61(6)9-3)85-68(73)53-47-41-35-29-23-21-19-18-20-22-26-30-36-42-48-60(4)5/h60-64,69H,7-59H2,1-6H3,(H,74,75)(H,76,77)/t61?,62-,63+,64+/m0/s1. The molecule has 3 unspecified atom stereocenters. The van der Waals surface area contributed by atoms with Crippen LogP contribution >= 0.6 is 15.6 Å². The Morgan fingerprint density at radius 1 is 0.333 bits per heavy atom. The van der Waals surface area contributed by atoms with Crippen molar-refractivity contribution in [3.05, 3.63) is 0 Å². The molecule has 0 rings (SSSR count). The van der Waals surface area contributed by atoms with Crippen LogP contribution in [0.2, 0.25) is 0 Å². The molecule has 0 saturated heterocycles. The van der Waals surface area contributed by atoms with E-state index < -0.39 is 97.5 Å². The molecule has 6 atom stereocenters. The van der Waals surface area contributed by atoms with Gasteiger partial charge in [0.25, 0.3) is 0 Å². The largest absolute Gasteiger partial charge is 0.472 e. The van der Waals surface area contributed by atoms with E-state index >= 15 is 0 Å². The van der Waals surface area contributed by atoms with Crippen molar-refractivity contribution in [2.45, 2.75) is 362 Å². The fourth-order valence-corrected chi connectivity index (χ4v) is 11.8. The molecule has 0 aliphatic rings. The van der Waals surface area contributed by atoms with Gasteiger partial charge < -0.3 is 33.8 Å². The summed E-state index contributed by atoms with van der Waals surface area (Å²) in [5, 5.41) is 10.5. The second kappa shape index (κ2) is 60.3. The van der Waals surface area contributed by atoms with Crippen molar-refractivity contribution in [1.82, 2.24) is 0 Å². The Balaban J connectivity index is 5.20. The number of unbranched alkanes of at least 4 members (excludes halogenated alkanes) is 36. The van der Waals surface area contributed by atoms with Crippen molar-refractivity contribution in [2.75, 3.05) is 39.6 Å². The van der Waals surface area contributed by atoms with Gasteiger partial charge in [-0.1, -0.05) is 292 Å². The van der Waals surface area contributed by atoms with Crippen LogP contribution in [0.3, 0.4) is 0 Å². The van der Waals surface area contributed by atoms with Gasteiger partial charge in [-0.05, 0) is 37.5 Å². The summed E-state index contributed by atoms with van der Waals surface area (Å²) in [6.45, 7) is 9.53. The summed E-state index contributed by atoms with van der Waals surface area (Å²) in [7, 11) is -9.89. The highest BCUT2D eigenvalue weighted by Gasteiger charge is 2.30. The van der Waals surface area contributed by atoms with Gasteiger partial charge in [0.1, 0.15) is 19.3 Å². The number of carbonyl (C=O) groups excluding carboxylic acids is 4. The molecule has 516 valence electrons. The van der Waals surface area contributed by atoms with Gasteiger partial charge in [-0.3, -0.25) is 37.3 Å². The minimum atomic E-state index is -4.95. The Kier molecular flexibility index (Phi) is 59.0. The Labute approximate surface area is 530 Å². The molecule has 0 aliphatic carbocycles. The summed E-state index contributed by atoms with van der Waals surface area (Å²) in [5.41, 5.74) is 0. The SMILES string of the molecule is CCCCCCCCCCC(=O)OC[C@H](COP(=O)(O)OC[C@H](O)COP(=O)(O)OC[C@@H](COC(=O)CCCCCCCCCCCCC(C)CC)OC(=O)CCCCCCCCCCCCCCCCC(C)C)OC(=O)CCCCCCCCCC. The number of esters is 4. The van der Waals surface area contributed by atoms with Crippen molar-refractivity contribution < 1.29 is 80.2 Å². The van der Waals surface area contributed by atoms with E-state index in [9.17, 15) is 43.2 Å². The highest BCUT2D eigenvalue weighted by atomic mass is 31.2. The molecule has 0 radical (unpaired) electrons. The summed E-state index contributed by atoms with van der Waals surface area (Å²) in [4.78, 5) is 72.3. The van der Waals surface area contributed by atoms with Crippen molar-refractivity contribution in [3.8, 4) is 0 Å². The summed E-state index contributed by atoms with van der Waals surface area (Å²) in [6.07, 6.45) is 44.5. The monoisotopic (exact) mass is 1280 g/mol. The molecule has 3 N–H and O–H groups in total. The second-order valence-corrected chi connectivity index (χ2v) is 28.2. The van der Waals surface area contributed by atoms with E-state index in [0.29, 0.717) is 25.7 Å². The van der Waals surface area contributed by atoms with Crippen molar-refractivity contribution >= 4 is 39.5 Å². The predicted molar refractivity (Wildman–Crippen MR) is 349 cm³/mol. The number of rotatable bonds is 67. The van der Waals surface area contributed by atoms with Gasteiger partial charge in [0, 0.05) is 25.7 Å². The molecule has 0 bridgehead atoms. The number of aliphatic hydroxyl groups is 1. The summed E-state index contributed by atoms with van der Waals surface area (Å²) >= 11 is 0.